The third-order valence-corrected chi connectivity index (χ3v) is 2.30. The van der Waals surface area contributed by atoms with Crippen LogP contribution in [0.2, 0.25) is 0 Å². The minimum absolute atomic E-state index is 0.109. The van der Waals surface area contributed by atoms with Gasteiger partial charge in [-0.2, -0.15) is 0 Å². The van der Waals surface area contributed by atoms with Gasteiger partial charge in [0.15, 0.2) is 0 Å². The predicted octanol–water partition coefficient (Wildman–Crippen LogP) is 1.89. The van der Waals surface area contributed by atoms with Crippen molar-refractivity contribution in [1.29, 1.82) is 0 Å². The first-order valence-corrected chi connectivity index (χ1v) is 5.71. The Hall–Kier alpha value is -1.55. The van der Waals surface area contributed by atoms with Gasteiger partial charge in [-0.15, -0.1) is 11.6 Å². The highest BCUT2D eigenvalue weighted by atomic mass is 35.5. The van der Waals surface area contributed by atoms with Crippen LogP contribution in [0.5, 0.6) is 0 Å². The molecule has 1 aromatic carbocycles. The molecule has 5 heteroatoms. The van der Waals surface area contributed by atoms with Gasteiger partial charge in [-0.05, 0) is 24.6 Å². The Labute approximate surface area is 105 Å². The number of carbonyl (C=O) groups is 2. The molecule has 1 rings (SSSR count). The monoisotopic (exact) mass is 254 g/mol. The quantitative estimate of drug-likeness (QED) is 0.806. The summed E-state index contributed by atoms with van der Waals surface area (Å²) in [7, 11) is 0. The summed E-state index contributed by atoms with van der Waals surface area (Å²) in [5.74, 6) is -0.306. The lowest BCUT2D eigenvalue weighted by molar-refractivity contribution is -0.120. The van der Waals surface area contributed by atoms with E-state index >= 15 is 0 Å². The molecule has 1 aromatic rings. The average molecular weight is 255 g/mol. The number of carbonyl (C=O) groups excluding carboxylic acids is 2. The molecule has 1 atom stereocenters. The Balaban J connectivity index is 2.51. The van der Waals surface area contributed by atoms with Crippen LogP contribution in [0, 0.1) is 0 Å². The van der Waals surface area contributed by atoms with E-state index in [1.165, 1.54) is 6.92 Å². The lowest BCUT2D eigenvalue weighted by atomic mass is 10.2. The Morgan fingerprint density at radius 1 is 1.29 bits per heavy atom. The van der Waals surface area contributed by atoms with Crippen LogP contribution in [-0.2, 0) is 16.1 Å². The molecule has 0 saturated heterocycles. The maximum absolute atomic E-state index is 11.2. The van der Waals surface area contributed by atoms with Gasteiger partial charge in [-0.25, -0.2) is 0 Å². The number of anilines is 1. The zero-order chi connectivity index (χ0) is 12.8. The number of nitrogens with one attached hydrogen (secondary N) is 2. The van der Waals surface area contributed by atoms with Gasteiger partial charge in [0.05, 0.1) is 0 Å². The maximum Gasteiger partial charge on any atom is 0.238 e. The smallest absolute Gasteiger partial charge is 0.238 e. The highest BCUT2D eigenvalue weighted by molar-refractivity contribution is 6.30. The second-order valence-corrected chi connectivity index (χ2v) is 4.37. The molecule has 0 aromatic heterocycles. The zero-order valence-electron chi connectivity index (χ0n) is 9.79. The van der Waals surface area contributed by atoms with Gasteiger partial charge in [0.25, 0.3) is 0 Å². The van der Waals surface area contributed by atoms with Crippen molar-refractivity contribution in [3.63, 3.8) is 0 Å². The molecule has 0 aliphatic carbocycles. The van der Waals surface area contributed by atoms with E-state index < -0.39 is 5.38 Å². The van der Waals surface area contributed by atoms with Gasteiger partial charge >= 0.3 is 0 Å². The van der Waals surface area contributed by atoms with Gasteiger partial charge in [-0.3, -0.25) is 9.59 Å². The van der Waals surface area contributed by atoms with Gasteiger partial charge < -0.3 is 10.6 Å². The first-order valence-electron chi connectivity index (χ1n) is 5.27. The summed E-state index contributed by atoms with van der Waals surface area (Å²) in [4.78, 5) is 22.0. The number of rotatable bonds is 4. The molecule has 0 fully saturated rings. The Kier molecular flexibility index (Phi) is 4.97. The van der Waals surface area contributed by atoms with Gasteiger partial charge in [0.1, 0.15) is 5.38 Å². The summed E-state index contributed by atoms with van der Waals surface area (Å²) in [5, 5.41) is 4.83. The van der Waals surface area contributed by atoms with Crippen molar-refractivity contribution >= 4 is 29.1 Å². The van der Waals surface area contributed by atoms with E-state index in [9.17, 15) is 9.59 Å². The van der Waals surface area contributed by atoms with Crippen LogP contribution in [0.1, 0.15) is 19.4 Å². The lowest BCUT2D eigenvalue weighted by Crippen LogP contribution is -2.28. The first kappa shape index (κ1) is 13.5. The molecular weight excluding hydrogens is 240 g/mol. The number of amides is 2. The molecule has 1 unspecified atom stereocenters. The SMILES string of the molecule is CC(=O)Nc1ccc(CNC(=O)C(C)Cl)cc1. The van der Waals surface area contributed by atoms with Crippen LogP contribution in [0.4, 0.5) is 5.69 Å². The summed E-state index contributed by atoms with van der Waals surface area (Å²) in [6.07, 6.45) is 0. The largest absolute Gasteiger partial charge is 0.351 e. The normalized spacial score (nSPS) is 11.7. The molecule has 0 aliphatic heterocycles. The predicted molar refractivity (Wildman–Crippen MR) is 67.9 cm³/mol. The molecule has 2 amide bonds. The van der Waals surface area contributed by atoms with Crippen LogP contribution in [0.3, 0.4) is 0 Å². The molecular formula is C12H15ClN2O2. The zero-order valence-corrected chi connectivity index (χ0v) is 10.5. The van der Waals surface area contributed by atoms with Crippen LogP contribution in [0.25, 0.3) is 0 Å². The minimum atomic E-state index is -0.534. The highest BCUT2D eigenvalue weighted by Crippen LogP contribution is 2.09. The fourth-order valence-electron chi connectivity index (χ4n) is 1.24. The number of hydrogen-bond donors (Lipinski definition) is 2. The van der Waals surface area contributed by atoms with Crippen molar-refractivity contribution in [3.8, 4) is 0 Å². The summed E-state index contributed by atoms with van der Waals surface area (Å²) < 4.78 is 0. The first-order chi connectivity index (χ1) is 7.99. The second kappa shape index (κ2) is 6.25. The van der Waals surface area contributed by atoms with E-state index in [-0.39, 0.29) is 11.8 Å². The van der Waals surface area contributed by atoms with E-state index in [0.717, 1.165) is 11.3 Å². The van der Waals surface area contributed by atoms with Gasteiger partial charge in [-0.1, -0.05) is 12.1 Å². The van der Waals surface area contributed by atoms with E-state index in [2.05, 4.69) is 10.6 Å². The van der Waals surface area contributed by atoms with E-state index in [1.807, 2.05) is 12.1 Å². The van der Waals surface area contributed by atoms with Crippen molar-refractivity contribution in [1.82, 2.24) is 5.32 Å². The maximum atomic E-state index is 11.2. The van der Waals surface area contributed by atoms with E-state index in [1.54, 1.807) is 19.1 Å². The summed E-state index contributed by atoms with van der Waals surface area (Å²) in [6.45, 7) is 3.50. The third kappa shape index (κ3) is 4.87. The van der Waals surface area contributed by atoms with Crippen molar-refractivity contribution < 1.29 is 9.59 Å². The highest BCUT2D eigenvalue weighted by Gasteiger charge is 2.07. The fraction of sp³-hybridized carbons (Fsp3) is 0.333. The van der Waals surface area contributed by atoms with E-state index in [4.69, 9.17) is 11.6 Å². The molecule has 0 spiro atoms. The van der Waals surface area contributed by atoms with Crippen molar-refractivity contribution in [3.05, 3.63) is 29.8 Å². The van der Waals surface area contributed by atoms with Gasteiger partial charge in [0.2, 0.25) is 11.8 Å². The van der Waals surface area contributed by atoms with Crippen LogP contribution >= 0.6 is 11.6 Å². The van der Waals surface area contributed by atoms with Crippen LogP contribution in [-0.4, -0.2) is 17.2 Å². The molecule has 0 saturated carbocycles. The average Bonchev–Trinajstić information content (AvgIpc) is 2.26. The molecule has 0 bridgehead atoms. The Morgan fingerprint density at radius 2 is 1.88 bits per heavy atom. The van der Waals surface area contributed by atoms with Crippen molar-refractivity contribution in [2.45, 2.75) is 25.8 Å². The van der Waals surface area contributed by atoms with Crippen LogP contribution < -0.4 is 10.6 Å². The second-order valence-electron chi connectivity index (χ2n) is 3.71. The molecule has 17 heavy (non-hydrogen) atoms. The standard InChI is InChI=1S/C12H15ClN2O2/c1-8(13)12(17)14-7-10-3-5-11(6-4-10)15-9(2)16/h3-6,8H,7H2,1-2H3,(H,14,17)(H,15,16). The third-order valence-electron chi connectivity index (χ3n) is 2.10. The summed E-state index contributed by atoms with van der Waals surface area (Å²) in [6, 6.07) is 7.24. The number of alkyl halides is 1. The minimum Gasteiger partial charge on any atom is -0.351 e. The Morgan fingerprint density at radius 3 is 2.35 bits per heavy atom. The number of halogens is 1. The number of hydrogen-bond acceptors (Lipinski definition) is 2. The van der Waals surface area contributed by atoms with E-state index in [0.29, 0.717) is 6.54 Å². The molecule has 0 radical (unpaired) electrons. The molecule has 0 aliphatic rings. The molecule has 2 N–H and O–H groups in total. The fourth-order valence-corrected chi connectivity index (χ4v) is 1.32. The van der Waals surface area contributed by atoms with Crippen LogP contribution in [0.15, 0.2) is 24.3 Å². The van der Waals surface area contributed by atoms with Crippen molar-refractivity contribution in [2.75, 3.05) is 5.32 Å². The molecule has 4 nitrogen and oxygen atoms in total. The number of benzene rings is 1. The summed E-state index contributed by atoms with van der Waals surface area (Å²) in [5.41, 5.74) is 1.68. The Bertz CT molecular complexity index is 401. The topological polar surface area (TPSA) is 58.2 Å². The summed E-state index contributed by atoms with van der Waals surface area (Å²) >= 11 is 5.62. The van der Waals surface area contributed by atoms with Gasteiger partial charge in [0, 0.05) is 19.2 Å². The van der Waals surface area contributed by atoms with Crippen molar-refractivity contribution in [2.24, 2.45) is 0 Å². The molecule has 92 valence electrons. The lowest BCUT2D eigenvalue weighted by Gasteiger charge is -2.07. The molecule has 0 heterocycles.